The summed E-state index contributed by atoms with van der Waals surface area (Å²) in [7, 11) is 0. The van der Waals surface area contributed by atoms with E-state index >= 15 is 0 Å². The smallest absolute Gasteiger partial charge is 0.222 e. The monoisotopic (exact) mass is 138 g/mol. The fourth-order valence-electron chi connectivity index (χ4n) is 0.587. The maximum atomic E-state index is 5.37. The summed E-state index contributed by atoms with van der Waals surface area (Å²) in [4.78, 5) is 7.84. The molecule has 0 radical (unpaired) electrons. The molecule has 0 saturated heterocycles. The Morgan fingerprint density at radius 3 is 2.60 bits per heavy atom. The number of hydrogen-bond donors (Lipinski definition) is 2. The van der Waals surface area contributed by atoms with Crippen LogP contribution in [-0.4, -0.2) is 16.5 Å². The predicted octanol–water partition coefficient (Wildman–Crippen LogP) is 0.491. The van der Waals surface area contributed by atoms with Crippen LogP contribution in [0.15, 0.2) is 12.4 Å². The van der Waals surface area contributed by atoms with E-state index in [9.17, 15) is 0 Å². The molecular formula is C6H10N4. The molecule has 0 saturated carbocycles. The molecule has 0 aliphatic rings. The van der Waals surface area contributed by atoms with Crippen molar-refractivity contribution < 1.29 is 0 Å². The van der Waals surface area contributed by atoms with Crippen LogP contribution in [0.1, 0.15) is 6.92 Å². The minimum absolute atomic E-state index is 0.585. The van der Waals surface area contributed by atoms with Crippen molar-refractivity contribution in [3.05, 3.63) is 12.4 Å². The number of nitrogens with zero attached hydrogens (tertiary/aromatic N) is 2. The molecule has 0 amide bonds. The van der Waals surface area contributed by atoms with E-state index in [0.717, 1.165) is 6.54 Å². The molecule has 4 heteroatoms. The number of hydrogen-bond acceptors (Lipinski definition) is 4. The molecule has 1 aromatic heterocycles. The highest BCUT2D eigenvalue weighted by molar-refractivity contribution is 5.35. The molecule has 0 bridgehead atoms. The van der Waals surface area contributed by atoms with Gasteiger partial charge >= 0.3 is 0 Å². The molecule has 10 heavy (non-hydrogen) atoms. The minimum atomic E-state index is 0.585. The van der Waals surface area contributed by atoms with Gasteiger partial charge in [-0.15, -0.1) is 0 Å². The van der Waals surface area contributed by atoms with Gasteiger partial charge in [-0.05, 0) is 6.92 Å². The highest BCUT2D eigenvalue weighted by atomic mass is 15.1. The summed E-state index contributed by atoms with van der Waals surface area (Å²) in [5, 5.41) is 2.96. The molecule has 0 unspecified atom stereocenters. The number of rotatable bonds is 2. The molecule has 0 fully saturated rings. The van der Waals surface area contributed by atoms with Crippen LogP contribution in [0.4, 0.5) is 11.6 Å². The van der Waals surface area contributed by atoms with Crippen molar-refractivity contribution in [1.29, 1.82) is 0 Å². The third kappa shape index (κ3) is 1.58. The van der Waals surface area contributed by atoms with Crippen LogP contribution in [0.2, 0.25) is 0 Å². The second-order valence-electron chi connectivity index (χ2n) is 1.87. The second-order valence-corrected chi connectivity index (χ2v) is 1.87. The molecule has 4 nitrogen and oxygen atoms in total. The summed E-state index contributed by atoms with van der Waals surface area (Å²) in [5.74, 6) is 0.622. The molecule has 0 spiro atoms. The lowest BCUT2D eigenvalue weighted by molar-refractivity contribution is 1.09. The van der Waals surface area contributed by atoms with Crippen LogP contribution in [0.3, 0.4) is 0 Å². The molecule has 3 N–H and O–H groups in total. The standard InChI is InChI=1S/C6H10N4/c1-2-8-6-9-3-5(7)4-10-6/h3-4H,2,7H2,1H3,(H,8,9,10). The summed E-state index contributed by atoms with van der Waals surface area (Å²) in [5.41, 5.74) is 5.95. The van der Waals surface area contributed by atoms with Crippen LogP contribution in [0.5, 0.6) is 0 Å². The van der Waals surface area contributed by atoms with E-state index in [0.29, 0.717) is 11.6 Å². The van der Waals surface area contributed by atoms with Crippen molar-refractivity contribution in [2.75, 3.05) is 17.6 Å². The first-order valence-electron chi connectivity index (χ1n) is 3.14. The zero-order chi connectivity index (χ0) is 7.40. The van der Waals surface area contributed by atoms with E-state index in [-0.39, 0.29) is 0 Å². The second kappa shape index (κ2) is 3.00. The van der Waals surface area contributed by atoms with Crippen molar-refractivity contribution >= 4 is 11.6 Å². The Hall–Kier alpha value is -1.32. The van der Waals surface area contributed by atoms with Crippen molar-refractivity contribution in [1.82, 2.24) is 9.97 Å². The summed E-state index contributed by atoms with van der Waals surface area (Å²) in [6.45, 7) is 2.81. The molecule has 0 aromatic carbocycles. The Bertz CT molecular complexity index is 193. The largest absolute Gasteiger partial charge is 0.396 e. The number of nitrogens with two attached hydrogens (primary N) is 1. The van der Waals surface area contributed by atoms with E-state index < -0.39 is 0 Å². The molecule has 1 rings (SSSR count). The van der Waals surface area contributed by atoms with Crippen LogP contribution in [0.25, 0.3) is 0 Å². The summed E-state index contributed by atoms with van der Waals surface area (Å²) < 4.78 is 0. The Morgan fingerprint density at radius 2 is 2.10 bits per heavy atom. The Morgan fingerprint density at radius 1 is 1.50 bits per heavy atom. The van der Waals surface area contributed by atoms with Gasteiger partial charge in [0.25, 0.3) is 0 Å². The highest BCUT2D eigenvalue weighted by Crippen LogP contribution is 1.99. The topological polar surface area (TPSA) is 63.8 Å². The summed E-state index contributed by atoms with van der Waals surface area (Å²) >= 11 is 0. The van der Waals surface area contributed by atoms with Crippen molar-refractivity contribution in [2.24, 2.45) is 0 Å². The summed E-state index contributed by atoms with van der Waals surface area (Å²) in [6, 6.07) is 0. The zero-order valence-electron chi connectivity index (χ0n) is 5.83. The number of anilines is 2. The maximum Gasteiger partial charge on any atom is 0.222 e. The van der Waals surface area contributed by atoms with Gasteiger partial charge in [0, 0.05) is 6.54 Å². The molecule has 1 aromatic rings. The minimum Gasteiger partial charge on any atom is -0.396 e. The lowest BCUT2D eigenvalue weighted by atomic mass is 10.6. The van der Waals surface area contributed by atoms with Gasteiger partial charge in [0.2, 0.25) is 5.95 Å². The average Bonchev–Trinajstić information content (AvgIpc) is 1.95. The van der Waals surface area contributed by atoms with Crippen molar-refractivity contribution in [3.8, 4) is 0 Å². The number of nitrogens with one attached hydrogen (secondary N) is 1. The van der Waals surface area contributed by atoms with Gasteiger partial charge in [-0.1, -0.05) is 0 Å². The van der Waals surface area contributed by atoms with Gasteiger partial charge in [0.15, 0.2) is 0 Å². The van der Waals surface area contributed by atoms with Gasteiger partial charge in [-0.2, -0.15) is 0 Å². The van der Waals surface area contributed by atoms with Gasteiger partial charge < -0.3 is 11.1 Å². The highest BCUT2D eigenvalue weighted by Gasteiger charge is 1.89. The third-order valence-electron chi connectivity index (χ3n) is 1.01. The van der Waals surface area contributed by atoms with Crippen molar-refractivity contribution in [2.45, 2.75) is 6.92 Å². The lowest BCUT2D eigenvalue weighted by Crippen LogP contribution is -2.01. The predicted molar refractivity (Wildman–Crippen MR) is 40.6 cm³/mol. The number of aromatic nitrogens is 2. The maximum absolute atomic E-state index is 5.37. The SMILES string of the molecule is CCNc1ncc(N)cn1. The Kier molecular flexibility index (Phi) is 2.04. The van der Waals surface area contributed by atoms with Crippen molar-refractivity contribution in [3.63, 3.8) is 0 Å². The molecule has 54 valence electrons. The van der Waals surface area contributed by atoms with Crippen LogP contribution in [0, 0.1) is 0 Å². The fraction of sp³-hybridized carbons (Fsp3) is 0.333. The first-order chi connectivity index (χ1) is 4.83. The van der Waals surface area contributed by atoms with E-state index in [2.05, 4.69) is 15.3 Å². The van der Waals surface area contributed by atoms with E-state index in [4.69, 9.17) is 5.73 Å². The van der Waals surface area contributed by atoms with E-state index in [1.807, 2.05) is 6.92 Å². The molecular weight excluding hydrogens is 128 g/mol. The van der Waals surface area contributed by atoms with Crippen LogP contribution in [-0.2, 0) is 0 Å². The fourth-order valence-corrected chi connectivity index (χ4v) is 0.587. The molecule has 0 aliphatic carbocycles. The van der Waals surface area contributed by atoms with Gasteiger partial charge in [-0.3, -0.25) is 0 Å². The quantitative estimate of drug-likeness (QED) is 0.624. The Balaban J connectivity index is 2.69. The zero-order valence-corrected chi connectivity index (χ0v) is 5.83. The normalized spacial score (nSPS) is 9.30. The first kappa shape index (κ1) is 6.80. The van der Waals surface area contributed by atoms with E-state index in [1.54, 1.807) is 12.4 Å². The van der Waals surface area contributed by atoms with Gasteiger partial charge in [0.1, 0.15) is 0 Å². The lowest BCUT2D eigenvalue weighted by Gasteiger charge is -1.98. The van der Waals surface area contributed by atoms with Crippen LogP contribution < -0.4 is 11.1 Å². The van der Waals surface area contributed by atoms with Gasteiger partial charge in [0.05, 0.1) is 18.1 Å². The molecule has 0 atom stereocenters. The van der Waals surface area contributed by atoms with Crippen LogP contribution >= 0.6 is 0 Å². The first-order valence-corrected chi connectivity index (χ1v) is 3.14. The third-order valence-corrected chi connectivity index (χ3v) is 1.01. The van der Waals surface area contributed by atoms with E-state index in [1.165, 1.54) is 0 Å². The number of nitrogen functional groups attached to an aromatic ring is 1. The summed E-state index contributed by atoms with van der Waals surface area (Å²) in [6.07, 6.45) is 3.15. The van der Waals surface area contributed by atoms with Gasteiger partial charge in [-0.25, -0.2) is 9.97 Å². The molecule has 1 heterocycles. The Labute approximate surface area is 59.5 Å². The average molecular weight is 138 g/mol. The molecule has 0 aliphatic heterocycles.